The number of rotatable bonds is 0. The van der Waals surface area contributed by atoms with Crippen molar-refractivity contribution in [2.75, 3.05) is 0 Å². The van der Waals surface area contributed by atoms with Crippen LogP contribution in [0.4, 0.5) is 0 Å². The number of aromatic nitrogens is 3. The molecule has 0 aliphatic heterocycles. The van der Waals surface area contributed by atoms with E-state index < -0.39 is 0 Å². The largest absolute Gasteiger partial charge is 0.461 e. The van der Waals surface area contributed by atoms with Gasteiger partial charge in [0.2, 0.25) is 0 Å². The molecule has 1 aromatic carbocycles. The van der Waals surface area contributed by atoms with Crippen LogP contribution in [0, 0.1) is 0 Å². The van der Waals surface area contributed by atoms with Crippen LogP contribution in [0.5, 0.6) is 0 Å². The lowest BCUT2D eigenvalue weighted by molar-refractivity contribution is 0.598. The zero-order chi connectivity index (χ0) is 8.67. The molecule has 2 heterocycles. The van der Waals surface area contributed by atoms with Crippen molar-refractivity contribution < 1.29 is 4.42 Å². The van der Waals surface area contributed by atoms with Crippen LogP contribution in [0.25, 0.3) is 22.0 Å². The summed E-state index contributed by atoms with van der Waals surface area (Å²) in [5, 5.41) is 8.72. The number of nitrogens with zero attached hydrogens (tertiary/aromatic N) is 3. The molecule has 0 N–H and O–H groups in total. The van der Waals surface area contributed by atoms with E-state index in [1.807, 2.05) is 12.1 Å². The molecule has 0 saturated carbocycles. The molecule has 0 aliphatic carbocycles. The summed E-state index contributed by atoms with van der Waals surface area (Å²) in [7, 11) is 0. The highest BCUT2D eigenvalue weighted by molar-refractivity contribution is 5.91. The van der Waals surface area contributed by atoms with Crippen molar-refractivity contribution in [2.24, 2.45) is 0 Å². The Hall–Kier alpha value is -1.97. The molecule has 3 aromatic rings. The summed E-state index contributed by atoms with van der Waals surface area (Å²) in [6.45, 7) is 0. The lowest BCUT2D eigenvalue weighted by Gasteiger charge is -1.93. The van der Waals surface area contributed by atoms with Crippen molar-refractivity contribution in [2.45, 2.75) is 0 Å². The highest BCUT2D eigenvalue weighted by Gasteiger charge is 2.01. The fourth-order valence-corrected chi connectivity index (χ4v) is 1.33. The first-order chi connectivity index (χ1) is 6.43. The summed E-state index contributed by atoms with van der Waals surface area (Å²) in [5.41, 5.74) is 2.39. The molecule has 4 nitrogen and oxygen atoms in total. The van der Waals surface area contributed by atoms with Gasteiger partial charge in [0.25, 0.3) is 0 Å². The van der Waals surface area contributed by atoms with Gasteiger partial charge < -0.3 is 4.42 Å². The van der Waals surface area contributed by atoms with Gasteiger partial charge in [-0.1, -0.05) is 0 Å². The number of hydrogen-bond donors (Lipinski definition) is 0. The van der Waals surface area contributed by atoms with E-state index in [2.05, 4.69) is 15.2 Å². The van der Waals surface area contributed by atoms with Gasteiger partial charge >= 0.3 is 0 Å². The predicted molar refractivity (Wildman–Crippen MR) is 47.1 cm³/mol. The Morgan fingerprint density at radius 2 is 2.15 bits per heavy atom. The molecule has 62 valence electrons. The Morgan fingerprint density at radius 1 is 1.15 bits per heavy atom. The molecule has 3 rings (SSSR count). The minimum atomic E-state index is 0.732. The first kappa shape index (κ1) is 6.54. The molecule has 2 aromatic heterocycles. The average molecular weight is 171 g/mol. The van der Waals surface area contributed by atoms with Gasteiger partial charge in [-0.3, -0.25) is 0 Å². The molecule has 0 spiro atoms. The summed E-state index contributed by atoms with van der Waals surface area (Å²) >= 11 is 0. The summed E-state index contributed by atoms with van der Waals surface area (Å²) in [6.07, 6.45) is 4.88. The molecule has 13 heavy (non-hydrogen) atoms. The SMILES string of the molecule is c1coc2cc3nncc3cc2n1. The zero-order valence-corrected chi connectivity index (χ0v) is 6.64. The molecule has 0 radical (unpaired) electrons. The molecular weight excluding hydrogens is 166 g/mol. The van der Waals surface area contributed by atoms with Crippen molar-refractivity contribution in [3.05, 3.63) is 30.8 Å². The number of fused-ring (bicyclic) bond motifs is 2. The average Bonchev–Trinajstić information content (AvgIpc) is 2.61. The minimum Gasteiger partial charge on any atom is -0.461 e. The Bertz CT molecular complexity index is 523. The fraction of sp³-hybridized carbons (Fsp3) is 0. The maximum absolute atomic E-state index is 5.26. The molecule has 0 saturated heterocycles. The fourth-order valence-electron chi connectivity index (χ4n) is 1.33. The van der Waals surface area contributed by atoms with Crippen LogP contribution in [0.15, 0.2) is 35.2 Å². The highest BCUT2D eigenvalue weighted by Crippen LogP contribution is 2.18. The first-order valence-corrected chi connectivity index (χ1v) is 3.88. The van der Waals surface area contributed by atoms with Gasteiger partial charge in [0.15, 0.2) is 5.58 Å². The van der Waals surface area contributed by atoms with Crippen molar-refractivity contribution in [1.29, 1.82) is 0 Å². The Labute approximate surface area is 73.2 Å². The summed E-state index contributed by atoms with van der Waals surface area (Å²) in [5.74, 6) is 0. The van der Waals surface area contributed by atoms with Crippen LogP contribution in [0.1, 0.15) is 0 Å². The highest BCUT2D eigenvalue weighted by atomic mass is 16.3. The Balaban J connectivity index is 2.57. The van der Waals surface area contributed by atoms with Crippen LogP contribution >= 0.6 is 0 Å². The Morgan fingerprint density at radius 3 is 3.15 bits per heavy atom. The lowest BCUT2D eigenvalue weighted by atomic mass is 10.2. The van der Waals surface area contributed by atoms with E-state index in [1.165, 1.54) is 0 Å². The van der Waals surface area contributed by atoms with Gasteiger partial charge in [0.05, 0.1) is 17.9 Å². The minimum absolute atomic E-state index is 0.732. The maximum Gasteiger partial charge on any atom is 0.154 e. The molecular formula is C9H5N3O. The van der Waals surface area contributed by atoms with Crippen LogP contribution < -0.4 is 0 Å². The van der Waals surface area contributed by atoms with Crippen molar-refractivity contribution in [3.63, 3.8) is 0 Å². The van der Waals surface area contributed by atoms with E-state index in [0.29, 0.717) is 0 Å². The zero-order valence-electron chi connectivity index (χ0n) is 6.64. The second kappa shape index (κ2) is 2.26. The lowest BCUT2D eigenvalue weighted by Crippen LogP contribution is -1.76. The van der Waals surface area contributed by atoms with Gasteiger partial charge in [0.1, 0.15) is 11.8 Å². The first-order valence-electron chi connectivity index (χ1n) is 3.88. The van der Waals surface area contributed by atoms with Gasteiger partial charge in [-0.15, -0.1) is 0 Å². The van der Waals surface area contributed by atoms with E-state index in [4.69, 9.17) is 4.42 Å². The molecule has 0 amide bonds. The van der Waals surface area contributed by atoms with Crippen LogP contribution in [-0.2, 0) is 0 Å². The van der Waals surface area contributed by atoms with Gasteiger partial charge in [-0.05, 0) is 6.07 Å². The second-order valence-corrected chi connectivity index (χ2v) is 2.76. The monoisotopic (exact) mass is 171 g/mol. The van der Waals surface area contributed by atoms with Crippen LogP contribution in [0.2, 0.25) is 0 Å². The topological polar surface area (TPSA) is 51.8 Å². The van der Waals surface area contributed by atoms with Crippen LogP contribution in [0.3, 0.4) is 0 Å². The Kier molecular flexibility index (Phi) is 1.14. The summed E-state index contributed by atoms with van der Waals surface area (Å²) in [6, 6.07) is 3.75. The molecule has 0 atom stereocenters. The normalized spacial score (nSPS) is 11.1. The summed E-state index contributed by atoms with van der Waals surface area (Å²) < 4.78 is 5.26. The molecule has 0 bridgehead atoms. The van der Waals surface area contributed by atoms with Crippen molar-refractivity contribution >= 4 is 22.0 Å². The van der Waals surface area contributed by atoms with E-state index in [1.54, 1.807) is 18.7 Å². The van der Waals surface area contributed by atoms with E-state index in [-0.39, 0.29) is 0 Å². The van der Waals surface area contributed by atoms with Gasteiger partial charge in [-0.2, -0.15) is 10.2 Å². The molecule has 4 heteroatoms. The third-order valence-electron chi connectivity index (χ3n) is 1.94. The quantitative estimate of drug-likeness (QED) is 0.517. The molecule has 0 unspecified atom stereocenters. The van der Waals surface area contributed by atoms with Gasteiger partial charge in [-0.25, -0.2) is 4.98 Å². The third kappa shape index (κ3) is 0.885. The predicted octanol–water partition coefficient (Wildman–Crippen LogP) is 1.77. The van der Waals surface area contributed by atoms with E-state index in [9.17, 15) is 0 Å². The number of hydrogen-bond acceptors (Lipinski definition) is 4. The maximum atomic E-state index is 5.26. The van der Waals surface area contributed by atoms with Crippen molar-refractivity contribution in [3.8, 4) is 0 Å². The summed E-state index contributed by atoms with van der Waals surface area (Å²) in [4.78, 5) is 4.16. The van der Waals surface area contributed by atoms with E-state index in [0.717, 1.165) is 22.0 Å². The molecule has 0 aliphatic rings. The molecule has 0 fully saturated rings. The van der Waals surface area contributed by atoms with E-state index >= 15 is 0 Å². The van der Waals surface area contributed by atoms with Crippen molar-refractivity contribution in [1.82, 2.24) is 15.2 Å². The van der Waals surface area contributed by atoms with Crippen LogP contribution in [-0.4, -0.2) is 15.2 Å². The second-order valence-electron chi connectivity index (χ2n) is 2.76. The smallest absolute Gasteiger partial charge is 0.154 e. The third-order valence-corrected chi connectivity index (χ3v) is 1.94. The standard InChI is InChI=1S/C9H5N3O/c1-2-13-9-4-7-6(5-11-12-7)3-8(9)10-1/h1-5H. The van der Waals surface area contributed by atoms with Gasteiger partial charge in [0, 0.05) is 11.5 Å². The number of benzene rings is 1.